The van der Waals surface area contributed by atoms with E-state index in [1.54, 1.807) is 0 Å². The minimum Gasteiger partial charge on any atom is -0.384 e. The summed E-state index contributed by atoms with van der Waals surface area (Å²) in [5.41, 5.74) is 6.35. The quantitative estimate of drug-likeness (QED) is 0.728. The Balaban J connectivity index is 1.94. The van der Waals surface area contributed by atoms with Gasteiger partial charge >= 0.3 is 0 Å². The Hall–Kier alpha value is -1.44. The van der Waals surface area contributed by atoms with E-state index in [0.717, 1.165) is 12.8 Å². The molecule has 0 aromatic heterocycles. The Morgan fingerprint density at radius 3 is 2.55 bits per heavy atom. The van der Waals surface area contributed by atoms with Crippen molar-refractivity contribution < 1.29 is 17.9 Å². The molecule has 0 saturated heterocycles. The highest BCUT2D eigenvalue weighted by Gasteiger charge is 2.28. The van der Waals surface area contributed by atoms with Gasteiger partial charge in [-0.05, 0) is 43.0 Å². The van der Waals surface area contributed by atoms with Gasteiger partial charge in [0.2, 0.25) is 0 Å². The van der Waals surface area contributed by atoms with Gasteiger partial charge < -0.3 is 15.8 Å². The maximum Gasteiger partial charge on any atom is 0.251 e. The third kappa shape index (κ3) is 4.53. The van der Waals surface area contributed by atoms with Gasteiger partial charge in [-0.1, -0.05) is 0 Å². The van der Waals surface area contributed by atoms with E-state index in [0.29, 0.717) is 18.0 Å². The fourth-order valence-corrected chi connectivity index (χ4v) is 3.30. The lowest BCUT2D eigenvalue weighted by Gasteiger charge is -2.11. The predicted molar refractivity (Wildman–Crippen MR) is 83.4 cm³/mol. The summed E-state index contributed by atoms with van der Waals surface area (Å²) in [5.74, 6) is 0.205. The molecule has 1 aliphatic rings. The first-order valence-corrected chi connectivity index (χ1v) is 8.95. The highest BCUT2D eigenvalue weighted by atomic mass is 32.2. The largest absolute Gasteiger partial charge is 0.384 e. The average Bonchev–Trinajstić information content (AvgIpc) is 3.35. The molecule has 1 amide bonds. The van der Waals surface area contributed by atoms with Crippen LogP contribution in [0.25, 0.3) is 0 Å². The molecule has 0 heterocycles. The molecule has 7 heteroatoms. The van der Waals surface area contributed by atoms with Crippen LogP contribution in [-0.2, 0) is 14.6 Å². The van der Waals surface area contributed by atoms with Gasteiger partial charge in [0.1, 0.15) is 0 Å². The predicted octanol–water partition coefficient (Wildman–Crippen LogP) is 0.574. The smallest absolute Gasteiger partial charge is 0.251 e. The highest BCUT2D eigenvalue weighted by molar-refractivity contribution is 7.91. The zero-order valence-corrected chi connectivity index (χ0v) is 13.4. The standard InChI is InChI=1S/C15H22N2O4S/c1-21-8-9-22(19,20)13-6-4-12(5-7-13)15(18)17-10-14(16)11-2-3-11/h4-7,11,14H,2-3,8-10,16H2,1H3,(H,17,18). The molecule has 1 aliphatic carbocycles. The van der Waals surface area contributed by atoms with Gasteiger partial charge in [-0.3, -0.25) is 4.79 Å². The van der Waals surface area contributed by atoms with Crippen LogP contribution in [-0.4, -0.2) is 46.4 Å². The van der Waals surface area contributed by atoms with Crippen LogP contribution >= 0.6 is 0 Å². The maximum atomic E-state index is 12.0. The Labute approximate surface area is 131 Å². The number of methoxy groups -OCH3 is 1. The van der Waals surface area contributed by atoms with Crippen LogP contribution in [0.4, 0.5) is 0 Å². The normalized spacial score (nSPS) is 16.3. The molecule has 0 radical (unpaired) electrons. The number of benzene rings is 1. The highest BCUT2D eigenvalue weighted by Crippen LogP contribution is 2.31. The van der Waals surface area contributed by atoms with Gasteiger partial charge in [0, 0.05) is 25.3 Å². The van der Waals surface area contributed by atoms with Gasteiger partial charge in [-0.2, -0.15) is 0 Å². The molecule has 1 fully saturated rings. The van der Waals surface area contributed by atoms with Crippen molar-refractivity contribution in [1.29, 1.82) is 0 Å². The fraction of sp³-hybridized carbons (Fsp3) is 0.533. The molecule has 3 N–H and O–H groups in total. The van der Waals surface area contributed by atoms with Crippen LogP contribution in [0.3, 0.4) is 0 Å². The first kappa shape index (κ1) is 16.9. The summed E-state index contributed by atoms with van der Waals surface area (Å²) in [4.78, 5) is 12.2. The van der Waals surface area contributed by atoms with Crippen LogP contribution in [0.2, 0.25) is 0 Å². The van der Waals surface area contributed by atoms with Gasteiger partial charge in [0.25, 0.3) is 5.91 Å². The van der Waals surface area contributed by atoms with Gasteiger partial charge in [0.15, 0.2) is 9.84 Å². The number of ether oxygens (including phenoxy) is 1. The van der Waals surface area contributed by atoms with E-state index in [2.05, 4.69) is 5.32 Å². The van der Waals surface area contributed by atoms with Crippen molar-refractivity contribution in [1.82, 2.24) is 5.32 Å². The van der Waals surface area contributed by atoms with E-state index < -0.39 is 9.84 Å². The summed E-state index contributed by atoms with van der Waals surface area (Å²) >= 11 is 0. The van der Waals surface area contributed by atoms with Gasteiger partial charge in [-0.15, -0.1) is 0 Å². The zero-order chi connectivity index (χ0) is 16.2. The molecule has 1 atom stereocenters. The number of rotatable bonds is 8. The summed E-state index contributed by atoms with van der Waals surface area (Å²) in [6.45, 7) is 0.584. The summed E-state index contributed by atoms with van der Waals surface area (Å²) in [5, 5.41) is 2.78. The molecular formula is C15H22N2O4S. The SMILES string of the molecule is COCCS(=O)(=O)c1ccc(C(=O)NCC(N)C2CC2)cc1. The number of carbonyl (C=O) groups excluding carboxylic acids is 1. The second-order valence-corrected chi connectivity index (χ2v) is 7.66. The molecule has 1 aromatic rings. The number of hydrogen-bond donors (Lipinski definition) is 2. The van der Waals surface area contributed by atoms with Crippen molar-refractivity contribution in [3.05, 3.63) is 29.8 Å². The monoisotopic (exact) mass is 326 g/mol. The molecule has 2 rings (SSSR count). The number of nitrogens with one attached hydrogen (secondary N) is 1. The Morgan fingerprint density at radius 2 is 2.00 bits per heavy atom. The Kier molecular flexibility index (Phi) is 5.55. The molecule has 0 spiro atoms. The number of hydrogen-bond acceptors (Lipinski definition) is 5. The lowest BCUT2D eigenvalue weighted by atomic mass is 10.2. The lowest BCUT2D eigenvalue weighted by Crippen LogP contribution is -2.38. The molecular weight excluding hydrogens is 304 g/mol. The lowest BCUT2D eigenvalue weighted by molar-refractivity contribution is 0.0950. The molecule has 1 saturated carbocycles. The van der Waals surface area contributed by atoms with E-state index in [1.165, 1.54) is 31.4 Å². The van der Waals surface area contributed by atoms with Crippen molar-refractivity contribution in [2.75, 3.05) is 26.0 Å². The first-order valence-electron chi connectivity index (χ1n) is 7.29. The van der Waals surface area contributed by atoms with E-state index in [-0.39, 0.29) is 29.2 Å². The van der Waals surface area contributed by atoms with Crippen molar-refractivity contribution in [3.8, 4) is 0 Å². The Morgan fingerprint density at radius 1 is 1.36 bits per heavy atom. The van der Waals surface area contributed by atoms with E-state index in [9.17, 15) is 13.2 Å². The minimum absolute atomic E-state index is 0.00218. The molecule has 6 nitrogen and oxygen atoms in total. The molecule has 1 unspecified atom stereocenters. The third-order valence-corrected chi connectivity index (χ3v) is 5.45. The topological polar surface area (TPSA) is 98.5 Å². The average molecular weight is 326 g/mol. The van der Waals surface area contributed by atoms with Crippen molar-refractivity contribution >= 4 is 15.7 Å². The molecule has 0 bridgehead atoms. The van der Waals surface area contributed by atoms with Gasteiger partial charge in [0.05, 0.1) is 17.3 Å². The van der Waals surface area contributed by atoms with Crippen molar-refractivity contribution in [2.24, 2.45) is 11.7 Å². The second-order valence-electron chi connectivity index (χ2n) is 5.55. The molecule has 0 aliphatic heterocycles. The van der Waals surface area contributed by atoms with E-state index in [4.69, 9.17) is 10.5 Å². The molecule has 22 heavy (non-hydrogen) atoms. The zero-order valence-electron chi connectivity index (χ0n) is 12.6. The van der Waals surface area contributed by atoms with Crippen LogP contribution < -0.4 is 11.1 Å². The van der Waals surface area contributed by atoms with Crippen LogP contribution in [0, 0.1) is 5.92 Å². The van der Waals surface area contributed by atoms with Crippen molar-refractivity contribution in [2.45, 2.75) is 23.8 Å². The number of carbonyl (C=O) groups is 1. The summed E-state index contributed by atoms with van der Waals surface area (Å²) in [6.07, 6.45) is 2.26. The van der Waals surface area contributed by atoms with Crippen LogP contribution in [0.1, 0.15) is 23.2 Å². The number of sulfone groups is 1. The van der Waals surface area contributed by atoms with Crippen LogP contribution in [0.5, 0.6) is 0 Å². The fourth-order valence-electron chi connectivity index (χ4n) is 2.13. The summed E-state index contributed by atoms with van der Waals surface area (Å²) in [7, 11) is -1.92. The van der Waals surface area contributed by atoms with E-state index >= 15 is 0 Å². The summed E-state index contributed by atoms with van der Waals surface area (Å²) < 4.78 is 28.7. The van der Waals surface area contributed by atoms with Gasteiger partial charge in [-0.25, -0.2) is 8.42 Å². The Bertz CT molecular complexity index is 609. The van der Waals surface area contributed by atoms with E-state index in [1.807, 2.05) is 0 Å². The maximum absolute atomic E-state index is 12.0. The summed E-state index contributed by atoms with van der Waals surface area (Å²) in [6, 6.07) is 5.91. The second kappa shape index (κ2) is 7.21. The third-order valence-electron chi connectivity index (χ3n) is 3.76. The van der Waals surface area contributed by atoms with Crippen molar-refractivity contribution in [3.63, 3.8) is 0 Å². The molecule has 122 valence electrons. The van der Waals surface area contributed by atoms with Crippen LogP contribution in [0.15, 0.2) is 29.2 Å². The molecule has 1 aromatic carbocycles. The number of nitrogens with two attached hydrogens (primary N) is 1. The number of amides is 1. The first-order chi connectivity index (χ1) is 10.4. The minimum atomic E-state index is -3.37.